The van der Waals surface area contributed by atoms with Gasteiger partial charge >= 0.3 is 5.63 Å². The molecular weight excluding hydrogens is 244 g/mol. The van der Waals surface area contributed by atoms with Gasteiger partial charge in [-0.3, -0.25) is 0 Å². The van der Waals surface area contributed by atoms with Crippen molar-refractivity contribution in [3.05, 3.63) is 46.3 Å². The fourth-order valence-corrected chi connectivity index (χ4v) is 2.31. The van der Waals surface area contributed by atoms with E-state index in [4.69, 9.17) is 9.15 Å². The fourth-order valence-electron chi connectivity index (χ4n) is 2.31. The summed E-state index contributed by atoms with van der Waals surface area (Å²) in [4.78, 5) is 12.0. The molecule has 0 saturated heterocycles. The van der Waals surface area contributed by atoms with Crippen LogP contribution >= 0.6 is 0 Å². The van der Waals surface area contributed by atoms with Crippen LogP contribution in [0.5, 0.6) is 11.5 Å². The van der Waals surface area contributed by atoms with Gasteiger partial charge < -0.3 is 14.3 Å². The second-order valence-corrected chi connectivity index (χ2v) is 4.36. The van der Waals surface area contributed by atoms with Crippen LogP contribution in [0.1, 0.15) is 5.56 Å². The van der Waals surface area contributed by atoms with Crippen LogP contribution in [0, 0.1) is 6.92 Å². The van der Waals surface area contributed by atoms with Gasteiger partial charge in [-0.25, -0.2) is 4.79 Å². The zero-order valence-electron chi connectivity index (χ0n) is 10.6. The highest BCUT2D eigenvalue weighted by atomic mass is 16.5. The van der Waals surface area contributed by atoms with Crippen molar-refractivity contribution in [1.82, 2.24) is 0 Å². The highest BCUT2D eigenvalue weighted by molar-refractivity contribution is 6.08. The van der Waals surface area contributed by atoms with Gasteiger partial charge in [-0.15, -0.1) is 0 Å². The maximum atomic E-state index is 12.0. The van der Waals surface area contributed by atoms with E-state index >= 15 is 0 Å². The normalized spacial score (nSPS) is 11.1. The molecule has 0 saturated carbocycles. The molecule has 4 nitrogen and oxygen atoms in total. The number of methoxy groups -OCH3 is 1. The number of rotatable bonds is 1. The molecule has 1 aromatic heterocycles. The third-order valence-electron chi connectivity index (χ3n) is 3.31. The molecule has 3 aromatic rings. The smallest absolute Gasteiger partial charge is 0.344 e. The minimum atomic E-state index is -0.435. The van der Waals surface area contributed by atoms with Crippen molar-refractivity contribution >= 4 is 21.7 Å². The zero-order chi connectivity index (χ0) is 13.6. The van der Waals surface area contributed by atoms with E-state index in [2.05, 4.69) is 0 Å². The fraction of sp³-hybridized carbons (Fsp3) is 0.133. The lowest BCUT2D eigenvalue weighted by Gasteiger charge is -2.09. The van der Waals surface area contributed by atoms with Crippen LogP contribution in [0.3, 0.4) is 0 Å². The maximum absolute atomic E-state index is 12.0. The number of aryl methyl sites for hydroxylation is 1. The average Bonchev–Trinajstić information content (AvgIpc) is 2.43. The molecule has 0 atom stereocenters. The molecule has 0 aliphatic rings. The molecule has 0 aliphatic carbocycles. The number of ether oxygens (including phenoxy) is 1. The van der Waals surface area contributed by atoms with E-state index in [1.807, 2.05) is 0 Å². The number of fused-ring (bicyclic) bond motifs is 3. The maximum Gasteiger partial charge on any atom is 0.344 e. The van der Waals surface area contributed by atoms with Gasteiger partial charge in [-0.05, 0) is 31.2 Å². The van der Waals surface area contributed by atoms with Gasteiger partial charge in [0, 0.05) is 16.3 Å². The summed E-state index contributed by atoms with van der Waals surface area (Å²) < 4.78 is 10.6. The van der Waals surface area contributed by atoms with E-state index in [0.717, 1.165) is 5.39 Å². The number of benzene rings is 2. The summed E-state index contributed by atoms with van der Waals surface area (Å²) >= 11 is 0. The van der Waals surface area contributed by atoms with Gasteiger partial charge in [0.15, 0.2) is 0 Å². The molecule has 19 heavy (non-hydrogen) atoms. The Hall–Kier alpha value is -2.49. The Labute approximate surface area is 108 Å². The third kappa shape index (κ3) is 1.57. The highest BCUT2D eigenvalue weighted by Gasteiger charge is 2.14. The zero-order valence-corrected chi connectivity index (χ0v) is 10.6. The van der Waals surface area contributed by atoms with Gasteiger partial charge in [0.1, 0.15) is 17.1 Å². The molecule has 0 radical (unpaired) electrons. The molecule has 3 rings (SSSR count). The van der Waals surface area contributed by atoms with Crippen molar-refractivity contribution in [3.63, 3.8) is 0 Å². The Bertz CT molecular complexity index is 846. The van der Waals surface area contributed by atoms with E-state index in [0.29, 0.717) is 27.7 Å². The lowest BCUT2D eigenvalue weighted by molar-refractivity contribution is 0.419. The number of hydrogen-bond acceptors (Lipinski definition) is 4. The van der Waals surface area contributed by atoms with Crippen molar-refractivity contribution < 1.29 is 14.3 Å². The van der Waals surface area contributed by atoms with Crippen LogP contribution in [0.15, 0.2) is 39.5 Å². The van der Waals surface area contributed by atoms with Crippen molar-refractivity contribution in [3.8, 4) is 11.5 Å². The van der Waals surface area contributed by atoms with Crippen LogP contribution in [0.2, 0.25) is 0 Å². The lowest BCUT2D eigenvalue weighted by atomic mass is 10.0. The second-order valence-electron chi connectivity index (χ2n) is 4.36. The van der Waals surface area contributed by atoms with Crippen molar-refractivity contribution in [2.75, 3.05) is 7.11 Å². The quantitative estimate of drug-likeness (QED) is 0.537. The predicted octanol–water partition coefficient (Wildman–Crippen LogP) is 2.97. The van der Waals surface area contributed by atoms with Crippen LogP contribution in [-0.2, 0) is 0 Å². The Morgan fingerprint density at radius 2 is 1.95 bits per heavy atom. The van der Waals surface area contributed by atoms with Gasteiger partial charge in [0.05, 0.1) is 12.5 Å². The van der Waals surface area contributed by atoms with Gasteiger partial charge in [-0.2, -0.15) is 0 Å². The molecule has 1 heterocycles. The second kappa shape index (κ2) is 4.02. The molecule has 0 aliphatic heterocycles. The minimum absolute atomic E-state index is 0.102. The number of aromatic hydroxyl groups is 1. The Kier molecular flexibility index (Phi) is 2.45. The number of phenolic OH excluding ortho intramolecular Hbond substituents is 1. The highest BCUT2D eigenvalue weighted by Crippen LogP contribution is 2.34. The largest absolute Gasteiger partial charge is 0.508 e. The molecule has 4 heteroatoms. The standard InChI is InChI=1S/C15H12O4/c1-8-11(16)7-6-9-13-10(15(17)19-14(8)9)4-3-5-12(13)18-2/h3-7,16H,1-2H3. The Balaban J connectivity index is 2.66. The summed E-state index contributed by atoms with van der Waals surface area (Å²) in [5.74, 6) is 0.713. The average molecular weight is 256 g/mol. The van der Waals surface area contributed by atoms with E-state index in [1.165, 1.54) is 0 Å². The van der Waals surface area contributed by atoms with Crippen molar-refractivity contribution in [2.45, 2.75) is 6.92 Å². The summed E-state index contributed by atoms with van der Waals surface area (Å²) in [6, 6.07) is 8.56. The summed E-state index contributed by atoms with van der Waals surface area (Å²) in [5.41, 5.74) is 0.500. The summed E-state index contributed by atoms with van der Waals surface area (Å²) in [6.45, 7) is 1.71. The molecule has 0 fully saturated rings. The topological polar surface area (TPSA) is 59.7 Å². The van der Waals surface area contributed by atoms with Crippen LogP contribution in [0.4, 0.5) is 0 Å². The van der Waals surface area contributed by atoms with Crippen LogP contribution in [0.25, 0.3) is 21.7 Å². The Morgan fingerprint density at radius 3 is 2.68 bits per heavy atom. The van der Waals surface area contributed by atoms with E-state index in [1.54, 1.807) is 44.4 Å². The predicted molar refractivity (Wildman–Crippen MR) is 72.9 cm³/mol. The number of phenols is 1. The van der Waals surface area contributed by atoms with E-state index in [-0.39, 0.29) is 5.75 Å². The first kappa shape index (κ1) is 11.6. The third-order valence-corrected chi connectivity index (χ3v) is 3.31. The molecule has 0 bridgehead atoms. The molecule has 96 valence electrons. The molecular formula is C15H12O4. The monoisotopic (exact) mass is 256 g/mol. The summed E-state index contributed by atoms with van der Waals surface area (Å²) in [6.07, 6.45) is 0. The van der Waals surface area contributed by atoms with Gasteiger partial charge in [-0.1, -0.05) is 6.07 Å². The van der Waals surface area contributed by atoms with Crippen molar-refractivity contribution in [1.29, 1.82) is 0 Å². The first-order valence-electron chi connectivity index (χ1n) is 5.85. The summed E-state index contributed by atoms with van der Waals surface area (Å²) in [5, 5.41) is 11.6. The van der Waals surface area contributed by atoms with Gasteiger partial charge in [0.2, 0.25) is 0 Å². The first-order chi connectivity index (χ1) is 9.13. The van der Waals surface area contributed by atoms with Crippen LogP contribution in [-0.4, -0.2) is 12.2 Å². The van der Waals surface area contributed by atoms with Gasteiger partial charge in [0.25, 0.3) is 0 Å². The molecule has 1 N–H and O–H groups in total. The van der Waals surface area contributed by atoms with E-state index in [9.17, 15) is 9.90 Å². The molecule has 0 spiro atoms. The van der Waals surface area contributed by atoms with Crippen molar-refractivity contribution in [2.24, 2.45) is 0 Å². The van der Waals surface area contributed by atoms with E-state index < -0.39 is 5.63 Å². The SMILES string of the molecule is COc1cccc2c(=O)oc3c(C)c(O)ccc3c12. The minimum Gasteiger partial charge on any atom is -0.508 e. The number of hydrogen-bond donors (Lipinski definition) is 1. The first-order valence-corrected chi connectivity index (χ1v) is 5.85. The summed E-state index contributed by atoms with van der Waals surface area (Å²) in [7, 11) is 1.56. The van der Waals surface area contributed by atoms with Crippen LogP contribution < -0.4 is 10.4 Å². The molecule has 0 amide bonds. The molecule has 2 aromatic carbocycles. The lowest BCUT2D eigenvalue weighted by Crippen LogP contribution is -2.01. The Morgan fingerprint density at radius 1 is 1.16 bits per heavy atom. The molecule has 0 unspecified atom stereocenters.